The minimum absolute atomic E-state index is 0.883. The van der Waals surface area contributed by atoms with Crippen LogP contribution in [0, 0.1) is 0 Å². The maximum Gasteiger partial charge on any atom is 0.135 e. The van der Waals surface area contributed by atoms with Gasteiger partial charge in [0, 0.05) is 44.3 Å². The zero-order chi connectivity index (χ0) is 40.3. The van der Waals surface area contributed by atoms with Crippen molar-refractivity contribution in [3.8, 4) is 39.1 Å². The molecule has 2 aromatic heterocycles. The van der Waals surface area contributed by atoms with E-state index in [1.165, 1.54) is 71.6 Å². The predicted molar refractivity (Wildman–Crippen MR) is 257 cm³/mol. The van der Waals surface area contributed by atoms with Crippen LogP contribution in [-0.2, 0) is 0 Å². The Morgan fingerprint density at radius 1 is 0.311 bits per heavy atom. The van der Waals surface area contributed by atoms with Gasteiger partial charge in [0.1, 0.15) is 11.2 Å². The number of nitrogens with zero attached hydrogens (tertiary/aromatic N) is 2. The Labute approximate surface area is 353 Å². The summed E-state index contributed by atoms with van der Waals surface area (Å²) >= 11 is 0. The molecule has 0 aliphatic heterocycles. The molecule has 0 saturated carbocycles. The van der Waals surface area contributed by atoms with Gasteiger partial charge in [-0.25, -0.2) is 0 Å². The number of fused-ring (bicyclic) bond motifs is 7. The second-order valence-corrected chi connectivity index (χ2v) is 15.7. The van der Waals surface area contributed by atoms with Crippen molar-refractivity contribution in [1.29, 1.82) is 0 Å². The van der Waals surface area contributed by atoms with E-state index in [9.17, 15) is 0 Å². The van der Waals surface area contributed by atoms with Crippen LogP contribution < -0.4 is 4.90 Å². The zero-order valence-corrected chi connectivity index (χ0v) is 33.2. The number of anilines is 3. The van der Waals surface area contributed by atoms with Crippen LogP contribution in [0.5, 0.6) is 0 Å². The molecule has 10 aromatic carbocycles. The Morgan fingerprint density at radius 3 is 1.62 bits per heavy atom. The molecule has 12 aromatic rings. The molecule has 2 heterocycles. The van der Waals surface area contributed by atoms with E-state index in [-0.39, 0.29) is 0 Å². The molecule has 286 valence electrons. The summed E-state index contributed by atoms with van der Waals surface area (Å²) in [5.74, 6) is 0. The molecule has 0 fully saturated rings. The average Bonchev–Trinajstić information content (AvgIpc) is 3.87. The highest BCUT2D eigenvalue weighted by atomic mass is 16.3. The third-order valence-electron chi connectivity index (χ3n) is 12.2. The van der Waals surface area contributed by atoms with Crippen LogP contribution in [-0.4, -0.2) is 4.57 Å². The highest BCUT2D eigenvalue weighted by Gasteiger charge is 2.17. The van der Waals surface area contributed by atoms with E-state index >= 15 is 0 Å². The molecule has 61 heavy (non-hydrogen) atoms. The molecule has 0 saturated heterocycles. The first kappa shape index (κ1) is 34.9. The number of rotatable bonds is 7. The molecule has 0 atom stereocenters. The SMILES string of the molecule is c1ccc(-n2c3ccccc3c3cc(-c4ccc(-c5ccc(N(c6ccc(-c7cccc8ccccc78)cc6)c6ccc7oc8ccccc8c7c6)cc5)cc4)ccc32)cc1. The third kappa shape index (κ3) is 5.98. The van der Waals surface area contributed by atoms with Gasteiger partial charge in [0.15, 0.2) is 0 Å². The molecule has 0 amide bonds. The van der Waals surface area contributed by atoms with Gasteiger partial charge in [-0.05, 0) is 123 Å². The second-order valence-electron chi connectivity index (χ2n) is 15.7. The second kappa shape index (κ2) is 14.3. The van der Waals surface area contributed by atoms with Crippen molar-refractivity contribution in [1.82, 2.24) is 4.57 Å². The molecule has 0 aliphatic rings. The first-order valence-electron chi connectivity index (χ1n) is 20.8. The Bertz CT molecular complexity index is 3560. The normalized spacial score (nSPS) is 11.6. The lowest BCUT2D eigenvalue weighted by Crippen LogP contribution is -2.09. The smallest absolute Gasteiger partial charge is 0.135 e. The van der Waals surface area contributed by atoms with Crippen LogP contribution in [0.2, 0.25) is 0 Å². The summed E-state index contributed by atoms with van der Waals surface area (Å²) in [6.45, 7) is 0. The lowest BCUT2D eigenvalue weighted by atomic mass is 9.98. The molecule has 0 N–H and O–H groups in total. The largest absolute Gasteiger partial charge is 0.456 e. The quantitative estimate of drug-likeness (QED) is 0.161. The first-order chi connectivity index (χ1) is 30.2. The predicted octanol–water partition coefficient (Wildman–Crippen LogP) is 16.3. The van der Waals surface area contributed by atoms with Crippen LogP contribution in [0.15, 0.2) is 235 Å². The van der Waals surface area contributed by atoms with Gasteiger partial charge in [-0.1, -0.05) is 152 Å². The lowest BCUT2D eigenvalue weighted by molar-refractivity contribution is 0.669. The van der Waals surface area contributed by atoms with Crippen LogP contribution in [0.25, 0.3) is 93.6 Å². The standard InChI is InChI=1S/C58H38N2O/c1-2-13-45(14-3-1)60-55-19-8-6-16-51(55)53-37-44(29-35-56(53)60)41-23-21-39(22-24-41)40-25-30-46(31-26-40)59(48-34-36-58-54(38-48)52-17-7-9-20-57(52)61-58)47-32-27-43(28-33-47)50-18-10-12-42-11-4-5-15-49(42)50/h1-38H. The van der Waals surface area contributed by atoms with E-state index in [4.69, 9.17) is 4.42 Å². The summed E-state index contributed by atoms with van der Waals surface area (Å²) < 4.78 is 8.60. The number of hydrogen-bond donors (Lipinski definition) is 0. The Hall–Kier alpha value is -8.14. The van der Waals surface area contributed by atoms with E-state index < -0.39 is 0 Å². The van der Waals surface area contributed by atoms with Crippen molar-refractivity contribution in [2.45, 2.75) is 0 Å². The van der Waals surface area contributed by atoms with Crippen molar-refractivity contribution in [2.75, 3.05) is 4.90 Å². The first-order valence-corrected chi connectivity index (χ1v) is 20.8. The molecular formula is C58H38N2O. The highest BCUT2D eigenvalue weighted by molar-refractivity contribution is 6.11. The summed E-state index contributed by atoms with van der Waals surface area (Å²) in [6.07, 6.45) is 0. The average molecular weight is 779 g/mol. The highest BCUT2D eigenvalue weighted by Crippen LogP contribution is 2.41. The fourth-order valence-electron chi connectivity index (χ4n) is 9.23. The topological polar surface area (TPSA) is 21.3 Å². The van der Waals surface area contributed by atoms with Gasteiger partial charge in [0.25, 0.3) is 0 Å². The number of furan rings is 1. The molecule has 12 rings (SSSR count). The summed E-state index contributed by atoms with van der Waals surface area (Å²) in [6, 6.07) is 82.9. The van der Waals surface area contributed by atoms with E-state index in [1.807, 2.05) is 12.1 Å². The van der Waals surface area contributed by atoms with Crippen molar-refractivity contribution in [2.24, 2.45) is 0 Å². The molecule has 0 aliphatic carbocycles. The van der Waals surface area contributed by atoms with Crippen molar-refractivity contribution < 1.29 is 4.42 Å². The fraction of sp³-hybridized carbons (Fsp3) is 0. The summed E-state index contributed by atoms with van der Waals surface area (Å²) in [5, 5.41) is 7.22. The molecule has 0 unspecified atom stereocenters. The van der Waals surface area contributed by atoms with Crippen LogP contribution >= 0.6 is 0 Å². The maximum atomic E-state index is 6.23. The molecule has 0 spiro atoms. The summed E-state index contributed by atoms with van der Waals surface area (Å²) in [4.78, 5) is 2.34. The van der Waals surface area contributed by atoms with Crippen LogP contribution in [0.1, 0.15) is 0 Å². The Morgan fingerprint density at radius 2 is 0.852 bits per heavy atom. The number of hydrogen-bond acceptors (Lipinski definition) is 2. The van der Waals surface area contributed by atoms with E-state index in [0.29, 0.717) is 0 Å². The molecular weight excluding hydrogens is 741 g/mol. The molecule has 0 radical (unpaired) electrons. The fourth-order valence-corrected chi connectivity index (χ4v) is 9.23. The van der Waals surface area contributed by atoms with Crippen molar-refractivity contribution in [3.63, 3.8) is 0 Å². The maximum absolute atomic E-state index is 6.23. The van der Waals surface area contributed by atoms with Crippen LogP contribution in [0.3, 0.4) is 0 Å². The van der Waals surface area contributed by atoms with Crippen LogP contribution in [0.4, 0.5) is 17.1 Å². The number of benzene rings is 10. The van der Waals surface area contributed by atoms with Gasteiger partial charge >= 0.3 is 0 Å². The Balaban J connectivity index is 0.892. The summed E-state index contributed by atoms with van der Waals surface area (Å²) in [7, 11) is 0. The van der Waals surface area contributed by atoms with E-state index in [1.54, 1.807) is 0 Å². The molecule has 3 heteroatoms. The van der Waals surface area contributed by atoms with Gasteiger partial charge in [0.2, 0.25) is 0 Å². The molecule has 0 bridgehead atoms. The van der Waals surface area contributed by atoms with Gasteiger partial charge in [-0.15, -0.1) is 0 Å². The third-order valence-corrected chi connectivity index (χ3v) is 12.2. The lowest BCUT2D eigenvalue weighted by Gasteiger charge is -2.26. The van der Waals surface area contributed by atoms with E-state index in [2.05, 4.69) is 228 Å². The minimum Gasteiger partial charge on any atom is -0.456 e. The minimum atomic E-state index is 0.883. The number of aromatic nitrogens is 1. The van der Waals surface area contributed by atoms with Crippen molar-refractivity contribution >= 4 is 71.6 Å². The van der Waals surface area contributed by atoms with Gasteiger partial charge in [0.05, 0.1) is 11.0 Å². The van der Waals surface area contributed by atoms with E-state index in [0.717, 1.165) is 39.0 Å². The summed E-state index contributed by atoms with van der Waals surface area (Å²) in [5.41, 5.74) is 15.8. The Kier molecular flexibility index (Phi) is 8.17. The van der Waals surface area contributed by atoms with Gasteiger partial charge in [-0.2, -0.15) is 0 Å². The van der Waals surface area contributed by atoms with Gasteiger partial charge < -0.3 is 13.9 Å². The molecule has 3 nitrogen and oxygen atoms in total. The monoisotopic (exact) mass is 778 g/mol. The van der Waals surface area contributed by atoms with Crippen molar-refractivity contribution in [3.05, 3.63) is 231 Å². The number of para-hydroxylation sites is 3. The van der Waals surface area contributed by atoms with Gasteiger partial charge in [-0.3, -0.25) is 0 Å². The zero-order valence-electron chi connectivity index (χ0n) is 33.2.